The molecule has 4 aliphatic heterocycles. The summed E-state index contributed by atoms with van der Waals surface area (Å²) in [7, 11) is -0.282. The summed E-state index contributed by atoms with van der Waals surface area (Å²) in [6.07, 6.45) is 11.8. The molecule has 65 heavy (non-hydrogen) atoms. The minimum absolute atomic E-state index is 0.0563. The number of hydrogen-bond acceptors (Lipinski definition) is 13. The van der Waals surface area contributed by atoms with Crippen molar-refractivity contribution in [2.75, 3.05) is 54.9 Å². The zero-order valence-electron chi connectivity index (χ0n) is 37.0. The highest BCUT2D eigenvalue weighted by Crippen LogP contribution is 2.57. The predicted molar refractivity (Wildman–Crippen MR) is 237 cm³/mol. The topological polar surface area (TPSA) is 213 Å². The van der Waals surface area contributed by atoms with Crippen LogP contribution in [0.5, 0.6) is 0 Å². The number of aromatic nitrogens is 6. The van der Waals surface area contributed by atoms with Crippen LogP contribution in [-0.2, 0) is 36.9 Å². The van der Waals surface area contributed by atoms with Crippen LogP contribution in [0, 0.1) is 5.82 Å². The number of likely N-dealkylation sites (N-methyl/N-ethyl adjacent to an activating group) is 1. The molecule has 1 aromatic carbocycles. The van der Waals surface area contributed by atoms with Gasteiger partial charge >= 0.3 is 5.69 Å². The summed E-state index contributed by atoms with van der Waals surface area (Å²) in [6.45, 7) is 4.39. The molecule has 0 bridgehead atoms. The van der Waals surface area contributed by atoms with Crippen LogP contribution in [0.15, 0.2) is 40.4 Å². The molecule has 3 aromatic heterocycles. The van der Waals surface area contributed by atoms with Crippen molar-refractivity contribution in [2.45, 2.75) is 131 Å². The minimum Gasteiger partial charge on any atom is -0.393 e. The van der Waals surface area contributed by atoms with Crippen molar-refractivity contribution in [1.82, 2.24) is 43.4 Å². The van der Waals surface area contributed by atoms with Crippen molar-refractivity contribution in [3.63, 3.8) is 0 Å². The minimum atomic E-state index is -3.80. The summed E-state index contributed by atoms with van der Waals surface area (Å²) in [4.78, 5) is 66.9. The van der Waals surface area contributed by atoms with Gasteiger partial charge in [-0.15, -0.1) is 0 Å². The first-order chi connectivity index (χ1) is 31.1. The van der Waals surface area contributed by atoms with Crippen LogP contribution in [0.3, 0.4) is 0 Å². The van der Waals surface area contributed by atoms with Crippen LogP contribution < -0.4 is 26.1 Å². The first kappa shape index (κ1) is 43.6. The average Bonchev–Trinajstić information content (AvgIpc) is 3.75. The molecule has 10 rings (SSSR count). The number of carbonyl (C=O) groups is 3. The maximum atomic E-state index is 16.2. The molecule has 0 radical (unpaired) electrons. The van der Waals surface area contributed by atoms with E-state index in [1.807, 2.05) is 23.8 Å². The van der Waals surface area contributed by atoms with Gasteiger partial charge in [-0.3, -0.25) is 38.4 Å². The van der Waals surface area contributed by atoms with Crippen LogP contribution >= 0.6 is 0 Å². The lowest BCUT2D eigenvalue weighted by Crippen LogP contribution is -2.45. The number of imide groups is 1. The van der Waals surface area contributed by atoms with Gasteiger partial charge in [0.05, 0.1) is 35.0 Å². The van der Waals surface area contributed by atoms with Crippen LogP contribution in [0.4, 0.5) is 21.8 Å². The number of aliphatic hydroxyl groups is 1. The van der Waals surface area contributed by atoms with E-state index in [1.165, 1.54) is 26.7 Å². The van der Waals surface area contributed by atoms with E-state index < -0.39 is 50.9 Å². The van der Waals surface area contributed by atoms with Gasteiger partial charge in [0.15, 0.2) is 5.82 Å². The Balaban J connectivity index is 0.727. The quantitative estimate of drug-likeness (QED) is 0.185. The van der Waals surface area contributed by atoms with E-state index in [4.69, 9.17) is 4.98 Å². The van der Waals surface area contributed by atoms with E-state index >= 15 is 4.39 Å². The number of benzene rings is 1. The third kappa shape index (κ3) is 7.60. The molecule has 3 N–H and O–H groups in total. The summed E-state index contributed by atoms with van der Waals surface area (Å²) in [5.74, 6) is -0.351. The van der Waals surface area contributed by atoms with Crippen molar-refractivity contribution in [3.8, 4) is 0 Å². The molecule has 7 heterocycles. The molecule has 4 aromatic rings. The van der Waals surface area contributed by atoms with Crippen molar-refractivity contribution in [1.29, 1.82) is 0 Å². The zero-order valence-corrected chi connectivity index (χ0v) is 37.8. The normalized spacial score (nSPS) is 24.9. The molecule has 3 amide bonds. The lowest BCUT2D eigenvalue weighted by Gasteiger charge is -2.38. The monoisotopic (exact) mass is 916 g/mol. The smallest absolute Gasteiger partial charge is 0.329 e. The molecule has 4 atom stereocenters. The molecule has 5 fully saturated rings. The number of sulfonamides is 1. The Bertz CT molecular complexity index is 2720. The molecule has 2 saturated carbocycles. The van der Waals surface area contributed by atoms with E-state index in [0.29, 0.717) is 75.0 Å². The highest BCUT2D eigenvalue weighted by Gasteiger charge is 2.61. The van der Waals surface area contributed by atoms with Gasteiger partial charge in [0.1, 0.15) is 22.3 Å². The molecule has 3 unspecified atom stereocenters. The summed E-state index contributed by atoms with van der Waals surface area (Å²) >= 11 is 0. The molecule has 3 saturated heterocycles. The van der Waals surface area contributed by atoms with Crippen LogP contribution in [0.1, 0.15) is 102 Å². The van der Waals surface area contributed by atoms with E-state index in [0.717, 1.165) is 50.5 Å². The van der Waals surface area contributed by atoms with Gasteiger partial charge in [-0.25, -0.2) is 22.6 Å². The number of rotatable bonds is 11. The number of hydrogen-bond donors (Lipinski definition) is 3. The highest BCUT2D eigenvalue weighted by molar-refractivity contribution is 7.89. The number of fused-ring (bicyclic) bond motifs is 3. The Hall–Kier alpha value is -5.25. The predicted octanol–water partition coefficient (Wildman–Crippen LogP) is 2.55. The Morgan fingerprint density at radius 3 is 2.48 bits per heavy atom. The fourth-order valence-electron chi connectivity index (χ4n) is 11.1. The number of halogens is 1. The number of aliphatic hydroxyl groups excluding tert-OH is 1. The van der Waals surface area contributed by atoms with Gasteiger partial charge in [-0.1, -0.05) is 0 Å². The fraction of sp³-hybridized carbons (Fsp3) is 0.614. The summed E-state index contributed by atoms with van der Waals surface area (Å²) in [6, 6.07) is 2.35. The lowest BCUT2D eigenvalue weighted by atomic mass is 9.92. The number of nitrogens with one attached hydrogen (secondary N) is 2. The number of imidazole rings is 1. The first-order valence-electron chi connectivity index (χ1n) is 23.0. The van der Waals surface area contributed by atoms with Gasteiger partial charge in [0.25, 0.3) is 0 Å². The molecule has 6 aliphatic rings. The third-order valence-electron chi connectivity index (χ3n) is 15.0. The average molecular weight is 917 g/mol. The van der Waals surface area contributed by atoms with Gasteiger partial charge in [-0.2, -0.15) is 14.4 Å². The van der Waals surface area contributed by atoms with E-state index in [1.54, 1.807) is 29.2 Å². The van der Waals surface area contributed by atoms with Gasteiger partial charge in [0, 0.05) is 82.3 Å². The Morgan fingerprint density at radius 2 is 1.77 bits per heavy atom. The number of carbonyl (C=O) groups excluding carboxylic acids is 3. The molecular weight excluding hydrogens is 860 g/mol. The van der Waals surface area contributed by atoms with Crippen molar-refractivity contribution >= 4 is 56.2 Å². The third-order valence-corrected chi connectivity index (χ3v) is 16.8. The second-order valence-corrected chi connectivity index (χ2v) is 21.0. The second kappa shape index (κ2) is 16.6. The largest absolute Gasteiger partial charge is 0.393 e. The lowest BCUT2D eigenvalue weighted by molar-refractivity contribution is -0.135. The van der Waals surface area contributed by atoms with Crippen molar-refractivity contribution < 1.29 is 32.3 Å². The number of amides is 3. The zero-order chi connectivity index (χ0) is 45.5. The van der Waals surface area contributed by atoms with E-state index in [2.05, 4.69) is 25.6 Å². The summed E-state index contributed by atoms with van der Waals surface area (Å²) < 4.78 is 49.6. The van der Waals surface area contributed by atoms with Crippen LogP contribution in [0.2, 0.25) is 0 Å². The van der Waals surface area contributed by atoms with Gasteiger partial charge in [-0.05, 0) is 96.7 Å². The van der Waals surface area contributed by atoms with Crippen LogP contribution in [0.25, 0.3) is 11.0 Å². The van der Waals surface area contributed by atoms with Gasteiger partial charge < -0.3 is 20.2 Å². The number of anilines is 3. The Kier molecular flexibility index (Phi) is 11.1. The first-order valence-corrected chi connectivity index (χ1v) is 24.5. The number of nitrogens with zero attached hydrogens (tertiary/aromatic N) is 10. The fourth-order valence-corrected chi connectivity index (χ4v) is 12.5. The highest BCUT2D eigenvalue weighted by atomic mass is 32.2. The molecule has 348 valence electrons. The van der Waals surface area contributed by atoms with E-state index in [9.17, 15) is 32.7 Å². The molecule has 1 spiro atoms. The number of piperidine rings is 3. The number of aryl methyl sites for hydroxylation is 1. The summed E-state index contributed by atoms with van der Waals surface area (Å²) in [5.41, 5.74) is 0.638. The molecular formula is C44H57FN12O7S. The van der Waals surface area contributed by atoms with E-state index in [-0.39, 0.29) is 53.3 Å². The van der Waals surface area contributed by atoms with Crippen molar-refractivity contribution in [2.24, 2.45) is 7.05 Å². The Labute approximate surface area is 376 Å². The SMILES string of the molecule is CC(CN(C)C1CCN(c2ccc3c(c2F)n(C)c(=O)n3C2CCC(=O)NC2=O)CC1)n1cc(S(=O)(=O)N2CCC(Nc3ncc4c(n3)N(C3CCC[C@@H](O)C3)C(=O)C43CC3)CC2)cn1. The second-order valence-electron chi connectivity index (χ2n) is 19.1. The summed E-state index contributed by atoms with van der Waals surface area (Å²) in [5, 5.41) is 20.6. The standard InChI is InChI=1S/C44H57FN12O7S/c1-26(24-51(2)28-13-17-53(18-14-28)33-7-8-34-38(37(33)45)52(3)43(62)57(34)35-9-10-36(59)49-40(35)60)55-25-31(22-47-55)65(63,64)54-19-11-27(12-20-54)48-42-46-23-32-39(50-42)56(41(61)44(32)15-16-44)29-5-4-6-30(58)21-29/h7-8,22-23,25-30,35,58H,4-6,9-21,24H2,1-3H3,(H,46,48,50)(H,49,59,60)/t26?,29?,30-,35?/m1/s1. The maximum absolute atomic E-state index is 16.2. The van der Waals surface area contributed by atoms with Crippen molar-refractivity contribution in [3.05, 3.63) is 52.6 Å². The van der Waals surface area contributed by atoms with Crippen LogP contribution in [-0.4, -0.2) is 133 Å². The molecule has 19 nitrogen and oxygen atoms in total. The molecule has 2 aliphatic carbocycles. The van der Waals surface area contributed by atoms with Gasteiger partial charge in [0.2, 0.25) is 33.7 Å². The molecule has 21 heteroatoms. The Morgan fingerprint density at radius 1 is 1.02 bits per heavy atom. The maximum Gasteiger partial charge on any atom is 0.329 e.